The highest BCUT2D eigenvalue weighted by Crippen LogP contribution is 2.47. The Morgan fingerprint density at radius 2 is 0.824 bits per heavy atom. The van der Waals surface area contributed by atoms with Crippen LogP contribution in [-0.2, 0) is 6.18 Å². The Bertz CT molecular complexity index is 3720. The lowest BCUT2D eigenvalue weighted by Gasteiger charge is -2.23. The average Bonchev–Trinajstić information content (AvgIpc) is 3.90. The Balaban J connectivity index is 1.10. The smallest absolute Gasteiger partial charge is 0.308 e. The van der Waals surface area contributed by atoms with E-state index in [1.807, 2.05) is 167 Å². The molecule has 4 heterocycles. The molecule has 0 atom stereocenters. The molecule has 8 aromatic carbocycles. The Morgan fingerprint density at radius 1 is 0.397 bits per heavy atom. The summed E-state index contributed by atoms with van der Waals surface area (Å²) in [4.78, 5) is 9.58. The molecule has 0 unspecified atom stereocenters. The van der Waals surface area contributed by atoms with Crippen LogP contribution in [-0.4, -0.2) is 19.1 Å². The lowest BCUT2D eigenvalue weighted by Crippen LogP contribution is -2.10. The Kier molecular flexibility index (Phi) is 9.59. The highest BCUT2D eigenvalue weighted by atomic mass is 19.4. The number of hydrogen-bond acceptors (Lipinski definition) is 3. The molecule has 0 N–H and O–H groups in total. The minimum absolute atomic E-state index is 0.00578. The van der Waals surface area contributed by atoms with Crippen molar-refractivity contribution in [1.82, 2.24) is 19.1 Å². The molecule has 0 spiro atoms. The Hall–Kier alpha value is -9.06. The molecule has 8 heteroatoms. The number of nitrogens with zero attached hydrogens (tertiary/aromatic N) is 5. The minimum atomic E-state index is -4.70. The monoisotopic (exact) mass is 883 g/mol. The Labute approximate surface area is 388 Å². The van der Waals surface area contributed by atoms with Crippen LogP contribution in [0.25, 0.3) is 111 Å². The van der Waals surface area contributed by atoms with Gasteiger partial charge in [-0.25, -0.2) is 0 Å². The Morgan fingerprint density at radius 3 is 1.28 bits per heavy atom. The van der Waals surface area contributed by atoms with Gasteiger partial charge in [0, 0.05) is 61.8 Å². The van der Waals surface area contributed by atoms with E-state index in [2.05, 4.69) is 30.3 Å². The summed E-state index contributed by atoms with van der Waals surface area (Å²) in [6.07, 6.45) is -0.964. The summed E-state index contributed by atoms with van der Waals surface area (Å²) < 4.78 is 50.3. The zero-order valence-corrected chi connectivity index (χ0v) is 36.2. The second-order valence-electron chi connectivity index (χ2n) is 16.8. The van der Waals surface area contributed by atoms with Gasteiger partial charge in [0.05, 0.1) is 62.0 Å². The van der Waals surface area contributed by atoms with Gasteiger partial charge in [0.2, 0.25) is 0 Å². The number of pyridine rings is 2. The lowest BCUT2D eigenvalue weighted by molar-refractivity contribution is -0.137. The van der Waals surface area contributed by atoms with E-state index < -0.39 is 11.7 Å². The molecule has 0 aliphatic heterocycles. The maximum atomic E-state index is 15.4. The minimum Gasteiger partial charge on any atom is -0.308 e. The molecule has 12 aromatic rings. The van der Waals surface area contributed by atoms with Crippen molar-refractivity contribution in [3.8, 4) is 73.3 Å². The number of para-hydroxylation sites is 2. The standard InChI is InChI=1S/C60H36F3N5/c61-60(62,63)50-20-10-7-19-47(50)59-57(67-53-21-11-8-17-45(53)48-33-41(25-29-55(48)67)43-23-27-51(65-36-43)39-13-3-1-4-14-39)31-38(35-64)32-58(59)68-54-22-12-9-18-46(54)49-34-42(26-30-56(49)68)44-24-28-52(66-37-44)40-15-5-2-6-16-40/h1-34,36-37H. The summed E-state index contributed by atoms with van der Waals surface area (Å²) >= 11 is 0. The van der Waals surface area contributed by atoms with Crippen molar-refractivity contribution in [1.29, 1.82) is 5.26 Å². The molecule has 0 aliphatic carbocycles. The van der Waals surface area contributed by atoms with E-state index in [0.29, 0.717) is 22.5 Å². The van der Waals surface area contributed by atoms with E-state index in [-0.39, 0.29) is 5.56 Å². The van der Waals surface area contributed by atoms with Gasteiger partial charge < -0.3 is 9.13 Å². The van der Waals surface area contributed by atoms with Crippen LogP contribution in [0.2, 0.25) is 0 Å². The summed E-state index contributed by atoms with van der Waals surface area (Å²) in [5, 5.41) is 14.5. The number of rotatable bonds is 7. The van der Waals surface area contributed by atoms with Crippen molar-refractivity contribution in [2.24, 2.45) is 0 Å². The predicted octanol–water partition coefficient (Wildman–Crippen LogP) is 15.9. The van der Waals surface area contributed by atoms with E-state index in [4.69, 9.17) is 9.97 Å². The molecule has 0 bridgehead atoms. The van der Waals surface area contributed by atoms with Gasteiger partial charge in [-0.05, 0) is 83.4 Å². The molecule has 0 radical (unpaired) electrons. The fraction of sp³-hybridized carbons (Fsp3) is 0.0167. The van der Waals surface area contributed by atoms with Crippen LogP contribution in [0.1, 0.15) is 11.1 Å². The van der Waals surface area contributed by atoms with Gasteiger partial charge in [0.25, 0.3) is 0 Å². The number of aromatic nitrogens is 4. The zero-order valence-electron chi connectivity index (χ0n) is 36.2. The van der Waals surface area contributed by atoms with Crippen molar-refractivity contribution in [2.75, 3.05) is 0 Å². The van der Waals surface area contributed by atoms with Crippen LogP contribution >= 0.6 is 0 Å². The van der Waals surface area contributed by atoms with Gasteiger partial charge in [0.15, 0.2) is 0 Å². The SMILES string of the molecule is N#Cc1cc(-n2c3ccccc3c3cc(-c4ccc(-c5ccccc5)nc4)ccc32)c(-c2ccccc2C(F)(F)F)c(-n2c3ccccc3c3cc(-c4ccc(-c5ccccc5)nc4)ccc32)c1. The molecule has 0 saturated heterocycles. The first-order valence-electron chi connectivity index (χ1n) is 22.2. The molecule has 5 nitrogen and oxygen atoms in total. The van der Waals surface area contributed by atoms with Crippen LogP contribution < -0.4 is 0 Å². The first kappa shape index (κ1) is 40.4. The van der Waals surface area contributed by atoms with Gasteiger partial charge >= 0.3 is 6.18 Å². The molecule has 322 valence electrons. The summed E-state index contributed by atoms with van der Waals surface area (Å²) in [5.41, 5.74) is 11.3. The van der Waals surface area contributed by atoms with Gasteiger partial charge in [-0.2, -0.15) is 18.4 Å². The van der Waals surface area contributed by atoms with Crippen molar-refractivity contribution >= 4 is 43.6 Å². The van der Waals surface area contributed by atoms with E-state index in [1.54, 1.807) is 18.2 Å². The maximum absolute atomic E-state index is 15.4. The zero-order chi connectivity index (χ0) is 45.9. The van der Waals surface area contributed by atoms with E-state index in [1.165, 1.54) is 12.1 Å². The van der Waals surface area contributed by atoms with Gasteiger partial charge in [0.1, 0.15) is 0 Å². The fourth-order valence-corrected chi connectivity index (χ4v) is 9.77. The quantitative estimate of drug-likeness (QED) is 0.160. The number of benzene rings is 8. The molecule has 12 rings (SSSR count). The predicted molar refractivity (Wildman–Crippen MR) is 268 cm³/mol. The van der Waals surface area contributed by atoms with Crippen LogP contribution in [0.5, 0.6) is 0 Å². The van der Waals surface area contributed by atoms with Crippen molar-refractivity contribution in [2.45, 2.75) is 6.18 Å². The van der Waals surface area contributed by atoms with Gasteiger partial charge in [-0.3, -0.25) is 9.97 Å². The molecule has 0 saturated carbocycles. The van der Waals surface area contributed by atoms with Crippen LogP contribution in [0.15, 0.2) is 219 Å². The molecular formula is C60H36F3N5. The third-order valence-corrected chi connectivity index (χ3v) is 12.9. The largest absolute Gasteiger partial charge is 0.417 e. The number of nitriles is 1. The molecular weight excluding hydrogens is 848 g/mol. The van der Waals surface area contributed by atoms with E-state index >= 15 is 13.2 Å². The second kappa shape index (κ2) is 16.1. The number of halogens is 3. The molecule has 0 fully saturated rings. The summed E-state index contributed by atoms with van der Waals surface area (Å²) in [6, 6.07) is 67.8. The number of fused-ring (bicyclic) bond motifs is 6. The molecule has 0 aliphatic rings. The van der Waals surface area contributed by atoms with Crippen LogP contribution in [0.4, 0.5) is 13.2 Å². The summed E-state index contributed by atoms with van der Waals surface area (Å²) in [6.45, 7) is 0. The second-order valence-corrected chi connectivity index (χ2v) is 16.8. The topological polar surface area (TPSA) is 59.4 Å². The normalized spacial score (nSPS) is 11.7. The van der Waals surface area contributed by atoms with Crippen LogP contribution in [0.3, 0.4) is 0 Å². The summed E-state index contributed by atoms with van der Waals surface area (Å²) in [5.74, 6) is 0. The fourth-order valence-electron chi connectivity index (χ4n) is 9.77. The summed E-state index contributed by atoms with van der Waals surface area (Å²) in [7, 11) is 0. The maximum Gasteiger partial charge on any atom is 0.417 e. The van der Waals surface area contributed by atoms with E-state index in [0.717, 1.165) is 94.4 Å². The van der Waals surface area contributed by atoms with Crippen LogP contribution in [0, 0.1) is 11.3 Å². The first-order valence-corrected chi connectivity index (χ1v) is 22.2. The van der Waals surface area contributed by atoms with Gasteiger partial charge in [-0.15, -0.1) is 0 Å². The molecule has 0 amide bonds. The van der Waals surface area contributed by atoms with Crippen molar-refractivity contribution in [3.05, 3.63) is 230 Å². The third-order valence-electron chi connectivity index (χ3n) is 12.9. The highest BCUT2D eigenvalue weighted by molar-refractivity contribution is 6.13. The first-order chi connectivity index (χ1) is 33.3. The lowest BCUT2D eigenvalue weighted by atomic mass is 9.94. The number of alkyl halides is 3. The van der Waals surface area contributed by atoms with E-state index in [9.17, 15) is 5.26 Å². The highest BCUT2D eigenvalue weighted by Gasteiger charge is 2.35. The average molecular weight is 884 g/mol. The van der Waals surface area contributed by atoms with Gasteiger partial charge in [-0.1, -0.05) is 140 Å². The van der Waals surface area contributed by atoms with Crippen molar-refractivity contribution < 1.29 is 13.2 Å². The van der Waals surface area contributed by atoms with Crippen molar-refractivity contribution in [3.63, 3.8) is 0 Å². The number of hydrogen-bond donors (Lipinski definition) is 0. The third kappa shape index (κ3) is 6.79. The molecule has 68 heavy (non-hydrogen) atoms. The molecule has 4 aromatic heterocycles.